The molecule has 2 aromatic heterocycles. The van der Waals surface area contributed by atoms with Gasteiger partial charge in [0.05, 0.1) is 17.2 Å². The van der Waals surface area contributed by atoms with Gasteiger partial charge in [-0.3, -0.25) is 4.40 Å². The highest BCUT2D eigenvalue weighted by Gasteiger charge is 2.10. The van der Waals surface area contributed by atoms with Gasteiger partial charge in [0.1, 0.15) is 11.3 Å². The Morgan fingerprint density at radius 3 is 2.95 bits per heavy atom. The second-order valence-corrected chi connectivity index (χ2v) is 4.48. The highest BCUT2D eigenvalue weighted by Crippen LogP contribution is 2.22. The van der Waals surface area contributed by atoms with Crippen LogP contribution in [0.1, 0.15) is 12.2 Å². The second kappa shape index (κ2) is 4.85. The zero-order valence-corrected chi connectivity index (χ0v) is 10.8. The van der Waals surface area contributed by atoms with Crippen LogP contribution < -0.4 is 5.32 Å². The van der Waals surface area contributed by atoms with Crippen LogP contribution >= 0.6 is 0 Å². The number of nitrogens with one attached hydrogen (secondary N) is 1. The Bertz CT molecular complexity index is 720. The summed E-state index contributed by atoms with van der Waals surface area (Å²) in [6, 6.07) is 8.01. The molecule has 98 valence electrons. The average molecular weight is 256 g/mol. The minimum Gasteiger partial charge on any atom is -0.396 e. The van der Waals surface area contributed by atoms with E-state index in [-0.39, 0.29) is 6.61 Å². The fourth-order valence-corrected chi connectivity index (χ4v) is 2.26. The lowest BCUT2D eigenvalue weighted by molar-refractivity contribution is 0.292. The number of aliphatic hydroxyl groups is 1. The normalized spacial score (nSPS) is 11.3. The van der Waals surface area contributed by atoms with Gasteiger partial charge in [-0.1, -0.05) is 12.1 Å². The third kappa shape index (κ3) is 2.02. The number of rotatable bonds is 4. The van der Waals surface area contributed by atoms with Crippen molar-refractivity contribution in [2.75, 3.05) is 18.5 Å². The van der Waals surface area contributed by atoms with Crippen LogP contribution in [0, 0.1) is 6.92 Å². The molecule has 2 N–H and O–H groups in total. The first kappa shape index (κ1) is 11.9. The van der Waals surface area contributed by atoms with Gasteiger partial charge in [0, 0.05) is 13.2 Å². The number of imidazole rings is 1. The molecule has 0 bridgehead atoms. The summed E-state index contributed by atoms with van der Waals surface area (Å²) in [5.74, 6) is 1.76. The van der Waals surface area contributed by atoms with Crippen molar-refractivity contribution in [2.45, 2.75) is 13.3 Å². The maximum absolute atomic E-state index is 8.86. The maximum Gasteiger partial charge on any atom is 0.152 e. The number of aromatic nitrogens is 3. The fourth-order valence-electron chi connectivity index (χ4n) is 2.26. The number of nitrogens with zero attached hydrogens (tertiary/aromatic N) is 3. The van der Waals surface area contributed by atoms with Crippen molar-refractivity contribution >= 4 is 22.4 Å². The van der Waals surface area contributed by atoms with Crippen molar-refractivity contribution in [1.29, 1.82) is 0 Å². The molecule has 0 saturated heterocycles. The quantitative estimate of drug-likeness (QED) is 0.701. The Balaban J connectivity index is 2.19. The largest absolute Gasteiger partial charge is 0.396 e. The summed E-state index contributed by atoms with van der Waals surface area (Å²) in [7, 11) is 0. The van der Waals surface area contributed by atoms with E-state index < -0.39 is 0 Å². The highest BCUT2D eigenvalue weighted by molar-refractivity contribution is 5.84. The molecule has 0 aliphatic carbocycles. The van der Waals surface area contributed by atoms with E-state index in [2.05, 4.69) is 19.7 Å². The van der Waals surface area contributed by atoms with Crippen LogP contribution in [0.15, 0.2) is 30.5 Å². The van der Waals surface area contributed by atoms with E-state index in [0.717, 1.165) is 28.2 Å². The Kier molecular flexibility index (Phi) is 3.05. The van der Waals surface area contributed by atoms with Crippen LogP contribution in [0.4, 0.5) is 5.82 Å². The van der Waals surface area contributed by atoms with Gasteiger partial charge in [0.2, 0.25) is 0 Å². The minimum absolute atomic E-state index is 0.176. The molecule has 0 aliphatic rings. The number of hydrogen-bond donors (Lipinski definition) is 2. The van der Waals surface area contributed by atoms with Crippen molar-refractivity contribution in [1.82, 2.24) is 14.4 Å². The minimum atomic E-state index is 0.176. The summed E-state index contributed by atoms with van der Waals surface area (Å²) in [6.07, 6.45) is 2.53. The molecular weight excluding hydrogens is 240 g/mol. The van der Waals surface area contributed by atoms with E-state index in [1.807, 2.05) is 37.4 Å². The van der Waals surface area contributed by atoms with Gasteiger partial charge in [-0.2, -0.15) is 0 Å². The number of hydrogen-bond acceptors (Lipinski definition) is 4. The van der Waals surface area contributed by atoms with E-state index in [4.69, 9.17) is 5.11 Å². The molecule has 1 aromatic carbocycles. The second-order valence-electron chi connectivity index (χ2n) is 4.48. The zero-order valence-electron chi connectivity index (χ0n) is 10.8. The predicted octanol–water partition coefficient (Wildman–Crippen LogP) is 1.99. The molecule has 2 heterocycles. The van der Waals surface area contributed by atoms with Gasteiger partial charge >= 0.3 is 0 Å². The van der Waals surface area contributed by atoms with Gasteiger partial charge in [-0.05, 0) is 25.5 Å². The van der Waals surface area contributed by atoms with Crippen LogP contribution in [0.5, 0.6) is 0 Å². The van der Waals surface area contributed by atoms with Crippen molar-refractivity contribution in [3.05, 3.63) is 36.3 Å². The van der Waals surface area contributed by atoms with Crippen LogP contribution in [-0.2, 0) is 0 Å². The molecule has 0 fully saturated rings. The highest BCUT2D eigenvalue weighted by atomic mass is 16.3. The average Bonchev–Trinajstić information content (AvgIpc) is 2.82. The fraction of sp³-hybridized carbons (Fsp3) is 0.286. The molecule has 0 amide bonds. The van der Waals surface area contributed by atoms with E-state index >= 15 is 0 Å². The lowest BCUT2D eigenvalue weighted by Crippen LogP contribution is -2.07. The standard InChI is InChI=1S/C14H16N4O/c1-10-16-9-13-14(15-7-4-8-19)17-11-5-2-3-6-12(11)18(10)13/h2-3,5-6,9,19H,4,7-8H2,1H3,(H,15,17). The smallest absolute Gasteiger partial charge is 0.152 e. The number of aliphatic hydroxyl groups excluding tert-OH is 1. The number of benzene rings is 1. The van der Waals surface area contributed by atoms with Crippen LogP contribution in [0.2, 0.25) is 0 Å². The van der Waals surface area contributed by atoms with E-state index in [9.17, 15) is 0 Å². The lowest BCUT2D eigenvalue weighted by atomic mass is 10.3. The van der Waals surface area contributed by atoms with Gasteiger partial charge in [0.25, 0.3) is 0 Å². The lowest BCUT2D eigenvalue weighted by Gasteiger charge is -2.10. The van der Waals surface area contributed by atoms with Gasteiger partial charge in [0.15, 0.2) is 5.82 Å². The van der Waals surface area contributed by atoms with Gasteiger partial charge < -0.3 is 10.4 Å². The van der Waals surface area contributed by atoms with Gasteiger partial charge in [-0.15, -0.1) is 0 Å². The molecule has 0 aliphatic heterocycles. The molecule has 19 heavy (non-hydrogen) atoms. The van der Waals surface area contributed by atoms with E-state index in [1.165, 1.54) is 0 Å². The molecule has 5 nitrogen and oxygen atoms in total. The summed E-state index contributed by atoms with van der Waals surface area (Å²) in [5, 5.41) is 12.1. The maximum atomic E-state index is 8.86. The molecule has 3 aromatic rings. The molecule has 3 rings (SSSR count). The molecular formula is C14H16N4O. The number of para-hydroxylation sites is 2. The number of anilines is 1. The van der Waals surface area contributed by atoms with Crippen LogP contribution in [0.3, 0.4) is 0 Å². The third-order valence-corrected chi connectivity index (χ3v) is 3.16. The molecule has 0 spiro atoms. The van der Waals surface area contributed by atoms with Crippen molar-refractivity contribution in [3.8, 4) is 0 Å². The number of aryl methyl sites for hydroxylation is 1. The predicted molar refractivity (Wildman–Crippen MR) is 75.4 cm³/mol. The summed E-state index contributed by atoms with van der Waals surface area (Å²) in [6.45, 7) is 2.85. The molecule has 0 saturated carbocycles. The monoisotopic (exact) mass is 256 g/mol. The third-order valence-electron chi connectivity index (χ3n) is 3.16. The van der Waals surface area contributed by atoms with E-state index in [1.54, 1.807) is 0 Å². The summed E-state index contributed by atoms with van der Waals surface area (Å²) >= 11 is 0. The molecule has 0 atom stereocenters. The van der Waals surface area contributed by atoms with Crippen LogP contribution in [0.25, 0.3) is 16.6 Å². The topological polar surface area (TPSA) is 62.5 Å². The van der Waals surface area contributed by atoms with Crippen molar-refractivity contribution in [3.63, 3.8) is 0 Å². The SMILES string of the molecule is Cc1ncc2c(NCCCO)nc3ccccc3n12. The van der Waals surface area contributed by atoms with Crippen LogP contribution in [-0.4, -0.2) is 32.6 Å². The number of fused-ring (bicyclic) bond motifs is 3. The Labute approximate surface area is 110 Å². The first-order valence-electron chi connectivity index (χ1n) is 6.39. The Morgan fingerprint density at radius 2 is 2.11 bits per heavy atom. The van der Waals surface area contributed by atoms with Crippen molar-refractivity contribution < 1.29 is 5.11 Å². The summed E-state index contributed by atoms with van der Waals surface area (Å²) in [4.78, 5) is 9.00. The molecule has 0 radical (unpaired) electrons. The Morgan fingerprint density at radius 1 is 1.26 bits per heavy atom. The van der Waals surface area contributed by atoms with Crippen molar-refractivity contribution in [2.24, 2.45) is 0 Å². The van der Waals surface area contributed by atoms with E-state index in [0.29, 0.717) is 13.0 Å². The molecule has 0 unspecified atom stereocenters. The van der Waals surface area contributed by atoms with Gasteiger partial charge in [-0.25, -0.2) is 9.97 Å². The first-order valence-corrected chi connectivity index (χ1v) is 6.39. The molecule has 5 heteroatoms. The summed E-state index contributed by atoms with van der Waals surface area (Å²) in [5.41, 5.74) is 2.96. The first-order chi connectivity index (χ1) is 9.31. The zero-order chi connectivity index (χ0) is 13.2. The Hall–Kier alpha value is -2.14. The summed E-state index contributed by atoms with van der Waals surface area (Å²) < 4.78 is 2.10.